The van der Waals surface area contributed by atoms with Crippen molar-refractivity contribution in [1.29, 1.82) is 0 Å². The minimum absolute atomic E-state index is 0.108. The van der Waals surface area contributed by atoms with Crippen molar-refractivity contribution in [3.05, 3.63) is 0 Å². The lowest BCUT2D eigenvalue weighted by molar-refractivity contribution is -0.161. The lowest BCUT2D eigenvalue weighted by Gasteiger charge is -2.21. The molecule has 19 heteroatoms. The Hall–Kier alpha value is -1.94. The molecule has 0 rings (SSSR count). The molecular formula is C87H170O17P2. The molecule has 0 spiro atoms. The fraction of sp³-hybridized carbons (Fsp3) is 0.954. The number of carbonyl (C=O) groups is 4. The third kappa shape index (κ3) is 80.1. The van der Waals surface area contributed by atoms with Gasteiger partial charge < -0.3 is 33.8 Å². The highest BCUT2D eigenvalue weighted by molar-refractivity contribution is 7.47. The van der Waals surface area contributed by atoms with Crippen molar-refractivity contribution >= 4 is 39.5 Å². The summed E-state index contributed by atoms with van der Waals surface area (Å²) in [6.45, 7) is 12.1. The number of hydrogen-bond donors (Lipinski definition) is 3. The third-order valence-corrected chi connectivity index (χ3v) is 22.3. The van der Waals surface area contributed by atoms with Crippen LogP contribution < -0.4 is 0 Å². The maximum Gasteiger partial charge on any atom is 0.472 e. The zero-order valence-corrected chi connectivity index (χ0v) is 71.7. The van der Waals surface area contributed by atoms with Crippen LogP contribution in [0.1, 0.15) is 459 Å². The quantitative estimate of drug-likeness (QED) is 0.0222. The van der Waals surface area contributed by atoms with Crippen LogP contribution in [0, 0.1) is 17.8 Å². The first-order chi connectivity index (χ1) is 51.2. The first kappa shape index (κ1) is 104. The van der Waals surface area contributed by atoms with E-state index >= 15 is 0 Å². The number of carbonyl (C=O) groups excluding carboxylic acids is 4. The van der Waals surface area contributed by atoms with Crippen LogP contribution in [-0.4, -0.2) is 96.7 Å². The Morgan fingerprint density at radius 2 is 0.434 bits per heavy atom. The smallest absolute Gasteiger partial charge is 0.462 e. The number of hydrogen-bond acceptors (Lipinski definition) is 15. The second kappa shape index (κ2) is 77.0. The molecule has 2 unspecified atom stereocenters. The summed E-state index contributed by atoms with van der Waals surface area (Å²) in [5.74, 6) is 0.319. The molecule has 3 N–H and O–H groups in total. The number of unbranched alkanes of at least 4 members (excludes halogenated alkanes) is 53. The average molecular weight is 1550 g/mol. The monoisotopic (exact) mass is 1550 g/mol. The summed E-state index contributed by atoms with van der Waals surface area (Å²) < 4.78 is 68.9. The molecule has 0 aromatic heterocycles. The number of ether oxygens (including phenoxy) is 4. The van der Waals surface area contributed by atoms with Gasteiger partial charge in [0.15, 0.2) is 12.2 Å². The number of phosphoric ester groups is 2. The van der Waals surface area contributed by atoms with Gasteiger partial charge in [0.05, 0.1) is 26.4 Å². The topological polar surface area (TPSA) is 237 Å². The highest BCUT2D eigenvalue weighted by Crippen LogP contribution is 2.45. The van der Waals surface area contributed by atoms with Gasteiger partial charge >= 0.3 is 39.5 Å². The fourth-order valence-electron chi connectivity index (χ4n) is 13.5. The molecule has 17 nitrogen and oxygen atoms in total. The predicted octanol–water partition coefficient (Wildman–Crippen LogP) is 26.5. The van der Waals surface area contributed by atoms with Gasteiger partial charge in [-0.1, -0.05) is 408 Å². The first-order valence-corrected chi connectivity index (χ1v) is 47.8. The van der Waals surface area contributed by atoms with E-state index in [1.165, 1.54) is 270 Å². The van der Waals surface area contributed by atoms with Crippen LogP contribution in [0.2, 0.25) is 0 Å². The van der Waals surface area contributed by atoms with Crippen LogP contribution in [0.15, 0.2) is 0 Å². The summed E-state index contributed by atoms with van der Waals surface area (Å²) in [5.41, 5.74) is 0. The van der Waals surface area contributed by atoms with Crippen LogP contribution >= 0.6 is 15.6 Å². The molecular weight excluding hydrogens is 1380 g/mol. The number of aliphatic hydroxyl groups excluding tert-OH is 1. The van der Waals surface area contributed by atoms with E-state index in [9.17, 15) is 43.2 Å². The van der Waals surface area contributed by atoms with Gasteiger partial charge in [0, 0.05) is 25.7 Å². The maximum atomic E-state index is 13.2. The highest BCUT2D eigenvalue weighted by Gasteiger charge is 2.30. The largest absolute Gasteiger partial charge is 0.472 e. The van der Waals surface area contributed by atoms with Crippen molar-refractivity contribution in [2.45, 2.75) is 478 Å². The fourth-order valence-corrected chi connectivity index (χ4v) is 15.1. The van der Waals surface area contributed by atoms with Crippen LogP contribution in [0.5, 0.6) is 0 Å². The van der Waals surface area contributed by atoms with Crippen molar-refractivity contribution in [3.63, 3.8) is 0 Å². The molecule has 0 radical (unpaired) electrons. The molecule has 0 heterocycles. The molecule has 0 aromatic carbocycles. The van der Waals surface area contributed by atoms with Gasteiger partial charge in [-0.25, -0.2) is 9.13 Å². The molecule has 0 amide bonds. The minimum atomic E-state index is -4.97. The normalized spacial score (nSPS) is 13.9. The predicted molar refractivity (Wildman–Crippen MR) is 437 cm³/mol. The Labute approximate surface area is 651 Å². The number of phosphoric acid groups is 2. The van der Waals surface area contributed by atoms with E-state index in [2.05, 4.69) is 48.5 Å². The number of rotatable bonds is 85. The van der Waals surface area contributed by atoms with Crippen LogP contribution in [0.4, 0.5) is 0 Å². The van der Waals surface area contributed by atoms with E-state index in [-0.39, 0.29) is 25.7 Å². The van der Waals surface area contributed by atoms with Gasteiger partial charge in [-0.05, 0) is 43.4 Å². The van der Waals surface area contributed by atoms with Crippen LogP contribution in [-0.2, 0) is 65.4 Å². The molecule has 0 saturated carbocycles. The lowest BCUT2D eigenvalue weighted by atomic mass is 10.0. The Morgan fingerprint density at radius 3 is 0.642 bits per heavy atom. The Balaban J connectivity index is 5.23. The van der Waals surface area contributed by atoms with Gasteiger partial charge in [0.25, 0.3) is 0 Å². The van der Waals surface area contributed by atoms with E-state index in [1.54, 1.807) is 0 Å². The molecule has 630 valence electrons. The minimum Gasteiger partial charge on any atom is -0.462 e. The Kier molecular flexibility index (Phi) is 75.6. The summed E-state index contributed by atoms with van der Waals surface area (Å²) in [7, 11) is -9.93. The molecule has 0 aromatic rings. The highest BCUT2D eigenvalue weighted by atomic mass is 31.2. The van der Waals surface area contributed by atoms with Crippen molar-refractivity contribution in [1.82, 2.24) is 0 Å². The van der Waals surface area contributed by atoms with Crippen LogP contribution in [0.25, 0.3) is 0 Å². The maximum absolute atomic E-state index is 13.2. The van der Waals surface area contributed by atoms with Gasteiger partial charge in [-0.2, -0.15) is 0 Å². The average Bonchev–Trinajstić information content (AvgIpc) is 0.902. The van der Waals surface area contributed by atoms with Gasteiger partial charge in [0.1, 0.15) is 19.3 Å². The van der Waals surface area contributed by atoms with Crippen molar-refractivity contribution in [2.75, 3.05) is 39.6 Å². The Bertz CT molecular complexity index is 2040. The summed E-state index contributed by atoms with van der Waals surface area (Å²) in [6, 6.07) is 0. The zero-order chi connectivity index (χ0) is 77.9. The van der Waals surface area contributed by atoms with E-state index in [1.807, 2.05) is 0 Å². The van der Waals surface area contributed by atoms with Crippen molar-refractivity contribution in [2.24, 2.45) is 17.8 Å². The van der Waals surface area contributed by atoms with Crippen LogP contribution in [0.3, 0.4) is 0 Å². The third-order valence-electron chi connectivity index (χ3n) is 20.4. The summed E-state index contributed by atoms with van der Waals surface area (Å²) in [6.07, 6.45) is 68.0. The molecule has 0 saturated heterocycles. The first-order valence-electron chi connectivity index (χ1n) is 44.8. The van der Waals surface area contributed by atoms with E-state index < -0.39 is 97.5 Å². The molecule has 0 aliphatic rings. The summed E-state index contributed by atoms with van der Waals surface area (Å²) in [4.78, 5) is 73.2. The Morgan fingerprint density at radius 1 is 0.255 bits per heavy atom. The molecule has 0 aliphatic carbocycles. The molecule has 0 fully saturated rings. The summed E-state index contributed by atoms with van der Waals surface area (Å²) in [5, 5.41) is 10.7. The van der Waals surface area contributed by atoms with E-state index in [4.69, 9.17) is 37.0 Å². The van der Waals surface area contributed by atoms with Gasteiger partial charge in [-0.15, -0.1) is 0 Å². The molecule has 0 aliphatic heterocycles. The standard InChI is InChI=1S/C87H170O17P2/c1-8-9-10-11-12-13-40-47-54-61-68-84(89)97-74-82(103-87(92)71-64-57-50-43-36-30-24-23-27-33-39-46-53-60-67-80(6)7)76-101-105(93,94)99-72-81(88)73-100-106(95,96)102-77-83(75-98-85(90)69-62-55-48-41-34-28-22-18-20-26-32-38-45-52-59-66-79(4)5)104-86(91)70-63-56-49-42-35-29-21-17-15-14-16-19-25-31-37-44-51-58-65-78(2)3/h78-83,88H,8-77H2,1-7H3,(H,93,94)(H,95,96)/t81-,82+,83+/m0/s1. The number of aliphatic hydroxyl groups is 1. The second-order valence-corrected chi connectivity index (χ2v) is 35.6. The van der Waals surface area contributed by atoms with Crippen molar-refractivity contribution in [3.8, 4) is 0 Å². The van der Waals surface area contributed by atoms with Gasteiger partial charge in [0.2, 0.25) is 0 Å². The SMILES string of the molecule is CCCCCCCCCCCCC(=O)OC[C@H](COP(=O)(O)OC[C@H](O)COP(=O)(O)OC[C@@H](COC(=O)CCCCCCCCCCCCCCCCCC(C)C)OC(=O)CCCCCCCCCCCCCCCCCCCCC(C)C)OC(=O)CCCCCCCCCCCCCCCCC(C)C. The van der Waals surface area contributed by atoms with E-state index in [0.717, 1.165) is 108 Å². The van der Waals surface area contributed by atoms with Crippen molar-refractivity contribution < 1.29 is 80.2 Å². The molecule has 5 atom stereocenters. The second-order valence-electron chi connectivity index (χ2n) is 32.7. The van der Waals surface area contributed by atoms with E-state index in [0.29, 0.717) is 25.7 Å². The molecule has 106 heavy (non-hydrogen) atoms. The summed E-state index contributed by atoms with van der Waals surface area (Å²) >= 11 is 0. The lowest BCUT2D eigenvalue weighted by Crippen LogP contribution is -2.30. The number of esters is 4. The zero-order valence-electron chi connectivity index (χ0n) is 69.9. The molecule has 0 bridgehead atoms. The van der Waals surface area contributed by atoms with Gasteiger partial charge in [-0.3, -0.25) is 37.3 Å².